The number of ketones is 1. The molecule has 2 heterocycles. The molecule has 0 bridgehead atoms. The van der Waals surface area contributed by atoms with Crippen LogP contribution in [0.3, 0.4) is 0 Å². The third-order valence-electron chi connectivity index (χ3n) is 4.76. The van der Waals surface area contributed by atoms with Crippen LogP contribution in [0.15, 0.2) is 28.9 Å². The zero-order valence-electron chi connectivity index (χ0n) is 17.3. The van der Waals surface area contributed by atoms with E-state index >= 15 is 0 Å². The topological polar surface area (TPSA) is 108 Å². The van der Waals surface area contributed by atoms with Gasteiger partial charge in [0.1, 0.15) is 11.3 Å². The largest absolute Gasteiger partial charge is 0.497 e. The number of rotatable bonds is 8. The third-order valence-corrected chi connectivity index (χ3v) is 4.76. The van der Waals surface area contributed by atoms with Crippen molar-refractivity contribution in [1.82, 2.24) is 4.98 Å². The van der Waals surface area contributed by atoms with Gasteiger partial charge in [0.25, 0.3) is 0 Å². The van der Waals surface area contributed by atoms with Crippen LogP contribution in [0.4, 0.5) is 0 Å². The average molecular weight is 413 g/mol. The molecule has 0 saturated carbocycles. The second-order valence-corrected chi connectivity index (χ2v) is 6.73. The lowest BCUT2D eigenvalue weighted by molar-refractivity contribution is -0.141. The first-order valence-electron chi connectivity index (χ1n) is 9.44. The van der Waals surface area contributed by atoms with E-state index in [0.717, 1.165) is 5.39 Å². The molecule has 0 spiro atoms. The number of nitrogens with one attached hydrogen (secondary N) is 1. The summed E-state index contributed by atoms with van der Waals surface area (Å²) in [4.78, 5) is 39.7. The number of hydrogen-bond acceptors (Lipinski definition) is 7. The summed E-state index contributed by atoms with van der Waals surface area (Å²) in [5.41, 5.74) is 2.80. The smallest absolute Gasteiger partial charge is 0.340 e. The molecule has 1 aromatic carbocycles. The van der Waals surface area contributed by atoms with Crippen molar-refractivity contribution in [3.63, 3.8) is 0 Å². The van der Waals surface area contributed by atoms with E-state index in [4.69, 9.17) is 18.6 Å². The number of methoxy groups -OCH3 is 1. The van der Waals surface area contributed by atoms with Crippen molar-refractivity contribution in [3.05, 3.63) is 52.5 Å². The minimum Gasteiger partial charge on any atom is -0.497 e. The molecule has 0 radical (unpaired) electrons. The maximum absolute atomic E-state index is 12.5. The minimum atomic E-state index is -0.562. The molecule has 30 heavy (non-hydrogen) atoms. The van der Waals surface area contributed by atoms with Crippen molar-refractivity contribution < 1.29 is 33.0 Å². The average Bonchev–Trinajstić information content (AvgIpc) is 3.25. The number of H-pyrrole nitrogens is 1. The lowest BCUT2D eigenvalue weighted by Gasteiger charge is -2.05. The van der Waals surface area contributed by atoms with Gasteiger partial charge in [0.15, 0.2) is 6.61 Å². The Morgan fingerprint density at radius 1 is 1.13 bits per heavy atom. The Morgan fingerprint density at radius 2 is 1.90 bits per heavy atom. The van der Waals surface area contributed by atoms with Gasteiger partial charge in [0.2, 0.25) is 5.78 Å². The summed E-state index contributed by atoms with van der Waals surface area (Å²) in [7, 11) is 1.56. The fourth-order valence-corrected chi connectivity index (χ4v) is 3.29. The van der Waals surface area contributed by atoms with E-state index in [2.05, 4.69) is 4.98 Å². The van der Waals surface area contributed by atoms with Crippen LogP contribution >= 0.6 is 0 Å². The molecule has 0 fully saturated rings. The molecular formula is C22H23NO7. The van der Waals surface area contributed by atoms with Gasteiger partial charge in [-0.05, 0) is 38.5 Å². The van der Waals surface area contributed by atoms with Crippen LogP contribution in [0.5, 0.6) is 5.75 Å². The van der Waals surface area contributed by atoms with E-state index in [9.17, 15) is 14.4 Å². The van der Waals surface area contributed by atoms with Crippen molar-refractivity contribution in [2.45, 2.75) is 27.2 Å². The summed E-state index contributed by atoms with van der Waals surface area (Å²) in [5, 5.41) is 0.772. The highest BCUT2D eigenvalue weighted by atomic mass is 16.5. The number of aryl methyl sites for hydroxylation is 1. The minimum absolute atomic E-state index is 0.0383. The molecule has 0 aliphatic rings. The van der Waals surface area contributed by atoms with Crippen molar-refractivity contribution >= 4 is 28.7 Å². The molecule has 0 atom stereocenters. The number of ether oxygens (including phenoxy) is 3. The van der Waals surface area contributed by atoms with E-state index < -0.39 is 24.3 Å². The van der Waals surface area contributed by atoms with Crippen molar-refractivity contribution in [2.75, 3.05) is 20.3 Å². The second kappa shape index (κ2) is 8.86. The lowest BCUT2D eigenvalue weighted by Crippen LogP contribution is -2.16. The predicted molar refractivity (Wildman–Crippen MR) is 108 cm³/mol. The molecule has 2 aromatic heterocycles. The van der Waals surface area contributed by atoms with Gasteiger partial charge in [-0.2, -0.15) is 0 Å². The molecule has 158 valence electrons. The normalized spacial score (nSPS) is 10.8. The summed E-state index contributed by atoms with van der Waals surface area (Å²) < 4.78 is 20.8. The molecule has 0 unspecified atom stereocenters. The van der Waals surface area contributed by atoms with E-state index in [1.807, 2.05) is 0 Å². The molecule has 8 heteroatoms. The monoisotopic (exact) mass is 413 g/mol. The lowest BCUT2D eigenvalue weighted by atomic mass is 10.1. The summed E-state index contributed by atoms with van der Waals surface area (Å²) in [5.74, 6) is -0.840. The Labute approximate surface area is 173 Å². The van der Waals surface area contributed by atoms with Crippen molar-refractivity contribution in [2.24, 2.45) is 0 Å². The van der Waals surface area contributed by atoms with Crippen LogP contribution in [-0.4, -0.2) is 43.0 Å². The van der Waals surface area contributed by atoms with Crippen LogP contribution < -0.4 is 4.74 Å². The zero-order chi connectivity index (χ0) is 21.8. The number of benzene rings is 1. The first-order valence-corrected chi connectivity index (χ1v) is 9.44. The maximum atomic E-state index is 12.5. The van der Waals surface area contributed by atoms with Crippen LogP contribution in [0.2, 0.25) is 0 Å². The van der Waals surface area contributed by atoms with Gasteiger partial charge in [-0.1, -0.05) is 0 Å². The van der Waals surface area contributed by atoms with Gasteiger partial charge in [0.05, 0.1) is 37.7 Å². The highest BCUT2D eigenvalue weighted by molar-refractivity contribution is 6.02. The molecule has 0 amide bonds. The molecule has 0 aliphatic carbocycles. The number of Topliss-reactive ketones (excluding diaryl/α,β-unsaturated/α-hetero) is 1. The Hall–Kier alpha value is -3.55. The van der Waals surface area contributed by atoms with Gasteiger partial charge in [-0.15, -0.1) is 0 Å². The van der Waals surface area contributed by atoms with Crippen LogP contribution in [-0.2, 0) is 20.7 Å². The summed E-state index contributed by atoms with van der Waals surface area (Å²) in [6.07, 6.45) is 1.45. The summed E-state index contributed by atoms with van der Waals surface area (Å²) in [6.45, 7) is 4.84. The number of fused-ring (bicyclic) bond motifs is 1. The van der Waals surface area contributed by atoms with E-state index in [1.165, 1.54) is 6.26 Å². The predicted octanol–water partition coefficient (Wildman–Crippen LogP) is 3.53. The van der Waals surface area contributed by atoms with Crippen LogP contribution in [0.1, 0.15) is 44.6 Å². The van der Waals surface area contributed by atoms with Crippen LogP contribution in [0.25, 0.3) is 11.0 Å². The number of hydrogen-bond donors (Lipinski definition) is 1. The Morgan fingerprint density at radius 3 is 2.60 bits per heavy atom. The molecular weight excluding hydrogens is 390 g/mol. The fourth-order valence-electron chi connectivity index (χ4n) is 3.29. The first kappa shape index (κ1) is 21.2. The quantitative estimate of drug-likeness (QED) is 0.444. The third kappa shape index (κ3) is 4.22. The van der Waals surface area contributed by atoms with Gasteiger partial charge < -0.3 is 23.6 Å². The second-order valence-electron chi connectivity index (χ2n) is 6.73. The summed E-state index contributed by atoms with van der Waals surface area (Å²) in [6, 6.07) is 5.30. The van der Waals surface area contributed by atoms with Crippen LogP contribution in [0, 0.1) is 13.8 Å². The van der Waals surface area contributed by atoms with Gasteiger partial charge in [0, 0.05) is 22.7 Å². The van der Waals surface area contributed by atoms with Gasteiger partial charge >= 0.3 is 11.9 Å². The van der Waals surface area contributed by atoms with Crippen molar-refractivity contribution in [3.8, 4) is 5.75 Å². The van der Waals surface area contributed by atoms with Crippen molar-refractivity contribution in [1.29, 1.82) is 0 Å². The Bertz CT molecular complexity index is 1110. The highest BCUT2D eigenvalue weighted by Crippen LogP contribution is 2.26. The Kier molecular flexibility index (Phi) is 6.25. The number of furan rings is 1. The number of carbonyl (C=O) groups is 3. The zero-order valence-corrected chi connectivity index (χ0v) is 17.3. The standard InChI is InChI=1S/C22H23NO7/c1-5-28-22(26)20-12(2)21(23-13(20)3)17(24)11-30-19(25)8-14-10-29-18-9-15(27-4)6-7-16(14)18/h6-7,9-10,23H,5,8,11H2,1-4H3. The molecule has 1 N–H and O–H groups in total. The number of esters is 2. The number of aromatic nitrogens is 1. The first-order chi connectivity index (χ1) is 14.3. The Balaban J connectivity index is 1.65. The molecule has 8 nitrogen and oxygen atoms in total. The number of carbonyl (C=O) groups excluding carboxylic acids is 3. The molecule has 3 rings (SSSR count). The maximum Gasteiger partial charge on any atom is 0.340 e. The molecule has 3 aromatic rings. The molecule has 0 aliphatic heterocycles. The molecule has 0 saturated heterocycles. The van der Waals surface area contributed by atoms with Gasteiger partial charge in [-0.25, -0.2) is 4.79 Å². The summed E-state index contributed by atoms with van der Waals surface area (Å²) >= 11 is 0. The SMILES string of the molecule is CCOC(=O)c1c(C)[nH]c(C(=O)COC(=O)Cc2coc3cc(OC)ccc23)c1C. The van der Waals surface area contributed by atoms with Gasteiger partial charge in [-0.3, -0.25) is 9.59 Å². The fraction of sp³-hybridized carbons (Fsp3) is 0.318. The number of aromatic amines is 1. The van der Waals surface area contributed by atoms with E-state index in [1.54, 1.807) is 46.1 Å². The van der Waals surface area contributed by atoms with E-state index in [-0.39, 0.29) is 18.7 Å². The highest BCUT2D eigenvalue weighted by Gasteiger charge is 2.23. The van der Waals surface area contributed by atoms with E-state index in [0.29, 0.717) is 33.7 Å².